The average Bonchev–Trinajstić information content (AvgIpc) is 3.33. The highest BCUT2D eigenvalue weighted by Crippen LogP contribution is 2.42. The SMILES string of the molecule is CSCc1cc(C(NC(=O)OC(C)(C)C)C(=O)NC2C(=O)N3C(C(=O)O)=C(CSc4nnc(C)s4)CSC23)ccc1O. The minimum Gasteiger partial charge on any atom is -0.508 e. The summed E-state index contributed by atoms with van der Waals surface area (Å²) in [4.78, 5) is 52.9. The summed E-state index contributed by atoms with van der Waals surface area (Å²) in [6.07, 6.45) is 1.03. The van der Waals surface area contributed by atoms with Gasteiger partial charge in [-0.05, 0) is 57.2 Å². The molecule has 3 heterocycles. The maximum Gasteiger partial charge on any atom is 0.408 e. The number of benzene rings is 1. The molecule has 0 radical (unpaired) electrons. The van der Waals surface area contributed by atoms with Crippen molar-refractivity contribution >= 4 is 70.5 Å². The Bertz CT molecular complexity index is 1420. The highest BCUT2D eigenvalue weighted by atomic mass is 32.2. The van der Waals surface area contributed by atoms with E-state index in [-0.39, 0.29) is 11.4 Å². The molecule has 2 aromatic rings. The average molecular weight is 654 g/mol. The number of carbonyl (C=O) groups is 4. The highest BCUT2D eigenvalue weighted by Gasteiger charge is 2.54. The van der Waals surface area contributed by atoms with Gasteiger partial charge >= 0.3 is 12.1 Å². The van der Waals surface area contributed by atoms with Gasteiger partial charge in [-0.15, -0.1) is 22.0 Å². The molecule has 0 saturated carbocycles. The number of amides is 3. The number of nitrogens with zero attached hydrogens (tertiary/aromatic N) is 3. The van der Waals surface area contributed by atoms with E-state index < -0.39 is 46.9 Å². The normalized spacial score (nSPS) is 19.1. The number of phenols is 1. The Morgan fingerprint density at radius 2 is 1.98 bits per heavy atom. The fourth-order valence-corrected chi connectivity index (χ4v) is 8.14. The smallest absolute Gasteiger partial charge is 0.408 e. The van der Waals surface area contributed by atoms with Crippen molar-refractivity contribution in [1.29, 1.82) is 0 Å². The van der Waals surface area contributed by atoms with Crippen LogP contribution in [-0.2, 0) is 24.9 Å². The first-order valence-electron chi connectivity index (χ1n) is 12.7. The van der Waals surface area contributed by atoms with Crippen LogP contribution in [0.4, 0.5) is 4.79 Å². The molecule has 1 aromatic heterocycles. The number of carbonyl (C=O) groups excluding carboxylic acids is 3. The van der Waals surface area contributed by atoms with E-state index in [1.165, 1.54) is 63.7 Å². The molecule has 2 aliphatic rings. The van der Waals surface area contributed by atoms with Gasteiger partial charge in [-0.25, -0.2) is 9.59 Å². The molecular weight excluding hydrogens is 623 g/mol. The van der Waals surface area contributed by atoms with E-state index in [4.69, 9.17) is 4.74 Å². The summed E-state index contributed by atoms with van der Waals surface area (Å²) >= 11 is 5.59. The van der Waals surface area contributed by atoms with Crippen molar-refractivity contribution in [2.75, 3.05) is 17.8 Å². The molecule has 3 amide bonds. The molecule has 0 bridgehead atoms. The Morgan fingerprint density at radius 1 is 1.24 bits per heavy atom. The minimum absolute atomic E-state index is 0.0520. The van der Waals surface area contributed by atoms with E-state index in [0.717, 1.165) is 5.01 Å². The number of ether oxygens (including phenoxy) is 1. The van der Waals surface area contributed by atoms with E-state index in [9.17, 15) is 29.4 Å². The Hall–Kier alpha value is -2.95. The van der Waals surface area contributed by atoms with Gasteiger partial charge in [-0.1, -0.05) is 29.2 Å². The van der Waals surface area contributed by atoms with Crippen molar-refractivity contribution < 1.29 is 34.1 Å². The first-order chi connectivity index (χ1) is 19.8. The molecule has 3 atom stereocenters. The van der Waals surface area contributed by atoms with E-state index in [1.807, 2.05) is 13.2 Å². The lowest BCUT2D eigenvalue weighted by molar-refractivity contribution is -0.151. The van der Waals surface area contributed by atoms with Crippen LogP contribution in [-0.4, -0.2) is 84.0 Å². The number of hydrogen-bond donors (Lipinski definition) is 4. The molecule has 2 aliphatic heterocycles. The summed E-state index contributed by atoms with van der Waals surface area (Å²) in [6.45, 7) is 6.90. The molecular formula is C26H31N5O7S4. The van der Waals surface area contributed by atoms with Gasteiger partial charge in [0.25, 0.3) is 5.91 Å². The van der Waals surface area contributed by atoms with Gasteiger partial charge in [0.15, 0.2) is 4.34 Å². The second-order valence-corrected chi connectivity index (χ2v) is 14.8. The van der Waals surface area contributed by atoms with Crippen LogP contribution in [0.15, 0.2) is 33.8 Å². The predicted molar refractivity (Wildman–Crippen MR) is 162 cm³/mol. The Balaban J connectivity index is 1.53. The first kappa shape index (κ1) is 32.0. The largest absolute Gasteiger partial charge is 0.508 e. The van der Waals surface area contributed by atoms with Gasteiger partial charge in [0.2, 0.25) is 5.91 Å². The number of aromatic hydroxyl groups is 1. The molecule has 1 fully saturated rings. The Labute approximate surface area is 259 Å². The van der Waals surface area contributed by atoms with Crippen molar-refractivity contribution in [3.8, 4) is 5.75 Å². The van der Waals surface area contributed by atoms with Crippen LogP contribution in [0.2, 0.25) is 0 Å². The van der Waals surface area contributed by atoms with Crippen molar-refractivity contribution in [1.82, 2.24) is 25.7 Å². The molecule has 226 valence electrons. The summed E-state index contributed by atoms with van der Waals surface area (Å²) < 4.78 is 6.06. The molecule has 1 aromatic carbocycles. The Kier molecular flexibility index (Phi) is 10.0. The molecule has 12 nitrogen and oxygen atoms in total. The van der Waals surface area contributed by atoms with Crippen LogP contribution in [0.3, 0.4) is 0 Å². The summed E-state index contributed by atoms with van der Waals surface area (Å²) in [5.74, 6) is -1.25. The zero-order valence-electron chi connectivity index (χ0n) is 23.5. The van der Waals surface area contributed by atoms with Crippen LogP contribution in [0, 0.1) is 6.92 Å². The standard InChI is InChI=1S/C26H31N5O7S4/c1-12-29-30-25(42-12)41-11-15-10-40-22-18(21(34)31(22)19(15)23(35)36)27-20(33)17(28-24(37)38-26(2,3)4)13-6-7-16(32)14(8-13)9-39-5/h6-8,17-18,22,32H,9-11H2,1-5H3,(H,27,33)(H,28,37)(H,35,36). The van der Waals surface area contributed by atoms with Crippen LogP contribution in [0.1, 0.15) is 42.9 Å². The number of alkyl carbamates (subject to hydrolysis) is 1. The van der Waals surface area contributed by atoms with Gasteiger partial charge in [-0.2, -0.15) is 11.8 Å². The maximum absolute atomic E-state index is 13.6. The second-order valence-electron chi connectivity index (χ2n) is 10.4. The van der Waals surface area contributed by atoms with Crippen LogP contribution < -0.4 is 10.6 Å². The third-order valence-corrected chi connectivity index (χ3v) is 10.1. The number of rotatable bonds is 10. The quantitative estimate of drug-likeness (QED) is 0.218. The zero-order chi connectivity index (χ0) is 30.8. The summed E-state index contributed by atoms with van der Waals surface area (Å²) in [5.41, 5.74) is 0.624. The lowest BCUT2D eigenvalue weighted by Crippen LogP contribution is -2.71. The van der Waals surface area contributed by atoms with Crippen LogP contribution in [0.5, 0.6) is 5.75 Å². The number of hydrogen-bond acceptors (Lipinski definition) is 12. The molecule has 0 aliphatic carbocycles. The first-order valence-corrected chi connectivity index (χ1v) is 17.0. The number of carboxylic acids is 1. The van der Waals surface area contributed by atoms with E-state index in [0.29, 0.717) is 38.3 Å². The number of nitrogens with one attached hydrogen (secondary N) is 2. The lowest BCUT2D eigenvalue weighted by atomic mass is 10.00. The molecule has 42 heavy (non-hydrogen) atoms. The number of thioether (sulfide) groups is 3. The summed E-state index contributed by atoms with van der Waals surface area (Å²) in [7, 11) is 0. The fourth-order valence-electron chi connectivity index (χ4n) is 4.30. The number of carboxylic acid groups (broad SMARTS) is 1. The third-order valence-electron chi connectivity index (χ3n) is 6.08. The van der Waals surface area contributed by atoms with E-state index in [1.54, 1.807) is 26.8 Å². The minimum atomic E-state index is -1.24. The third kappa shape index (κ3) is 7.33. The number of aliphatic carboxylic acids is 1. The summed E-state index contributed by atoms with van der Waals surface area (Å²) in [5, 5.41) is 33.7. The molecule has 4 N–H and O–H groups in total. The second kappa shape index (κ2) is 13.1. The number of aromatic nitrogens is 2. The number of aryl methyl sites for hydroxylation is 1. The van der Waals surface area contributed by atoms with Gasteiger partial charge in [-0.3, -0.25) is 14.5 Å². The van der Waals surface area contributed by atoms with Gasteiger partial charge in [0.05, 0.1) is 0 Å². The predicted octanol–water partition coefficient (Wildman–Crippen LogP) is 3.51. The van der Waals surface area contributed by atoms with Gasteiger partial charge in [0, 0.05) is 22.8 Å². The molecule has 16 heteroatoms. The maximum atomic E-state index is 13.6. The van der Waals surface area contributed by atoms with Crippen molar-refractivity contribution in [2.24, 2.45) is 0 Å². The number of phenolic OH excluding ortho intramolecular Hbond substituents is 1. The van der Waals surface area contributed by atoms with Gasteiger partial charge < -0.3 is 25.6 Å². The van der Waals surface area contributed by atoms with Crippen molar-refractivity contribution in [3.05, 3.63) is 45.6 Å². The molecule has 3 unspecified atom stereocenters. The number of fused-ring (bicyclic) bond motifs is 1. The Morgan fingerprint density at radius 3 is 2.60 bits per heavy atom. The molecule has 4 rings (SSSR count). The molecule has 1 saturated heterocycles. The lowest BCUT2D eigenvalue weighted by Gasteiger charge is -2.49. The van der Waals surface area contributed by atoms with Crippen molar-refractivity contribution in [3.63, 3.8) is 0 Å². The fraction of sp³-hybridized carbons (Fsp3) is 0.462. The van der Waals surface area contributed by atoms with Crippen LogP contribution in [0.25, 0.3) is 0 Å². The zero-order valence-corrected chi connectivity index (χ0v) is 26.8. The number of β-lactam (4-membered cyclic amide) rings is 1. The molecule has 0 spiro atoms. The van der Waals surface area contributed by atoms with E-state index >= 15 is 0 Å². The van der Waals surface area contributed by atoms with Gasteiger partial charge in [0.1, 0.15) is 39.5 Å². The topological polar surface area (TPSA) is 171 Å². The van der Waals surface area contributed by atoms with E-state index in [2.05, 4.69) is 20.8 Å². The summed E-state index contributed by atoms with van der Waals surface area (Å²) in [6, 6.07) is 2.33. The van der Waals surface area contributed by atoms with Crippen molar-refractivity contribution in [2.45, 2.75) is 60.8 Å². The monoisotopic (exact) mass is 653 g/mol. The highest BCUT2D eigenvalue weighted by molar-refractivity contribution is 8.01. The van der Waals surface area contributed by atoms with Crippen LogP contribution >= 0.6 is 46.6 Å².